The van der Waals surface area contributed by atoms with E-state index in [2.05, 4.69) is 10.6 Å². The van der Waals surface area contributed by atoms with E-state index >= 15 is 0 Å². The van der Waals surface area contributed by atoms with Crippen LogP contribution in [0.3, 0.4) is 0 Å². The molecule has 0 saturated heterocycles. The van der Waals surface area contributed by atoms with Crippen LogP contribution in [0.4, 0.5) is 14.5 Å². The Bertz CT molecular complexity index is 911. The van der Waals surface area contributed by atoms with Crippen LogP contribution in [0.25, 0.3) is 0 Å². The predicted molar refractivity (Wildman–Crippen MR) is 126 cm³/mol. The molecule has 0 aromatic heterocycles. The number of unbranched alkanes of at least 4 members (excludes halogenated alkanes) is 3. The lowest BCUT2D eigenvalue weighted by Gasteiger charge is -2.18. The molecule has 9 heteroatoms. The summed E-state index contributed by atoms with van der Waals surface area (Å²) in [6, 6.07) is 10.2. The number of carbonyl (C=O) groups is 1. The largest absolute Gasteiger partial charge is 0.508 e. The quantitative estimate of drug-likeness (QED) is 0.248. The summed E-state index contributed by atoms with van der Waals surface area (Å²) < 4.78 is 33.9. The fourth-order valence-corrected chi connectivity index (χ4v) is 3.42. The predicted octanol–water partition coefficient (Wildman–Crippen LogP) is 3.83. The summed E-state index contributed by atoms with van der Waals surface area (Å²) in [6.45, 7) is 1.58. The normalized spacial score (nSPS) is 12.5. The number of halogens is 2. The number of rotatable bonds is 15. The molecule has 0 radical (unpaired) electrons. The lowest BCUT2D eigenvalue weighted by molar-refractivity contribution is -0.114. The molecule has 1 atom stereocenters. The zero-order valence-electron chi connectivity index (χ0n) is 19.4. The number of amides is 1. The molecule has 0 fully saturated rings. The van der Waals surface area contributed by atoms with Crippen LogP contribution in [0.2, 0.25) is 0 Å². The SMILES string of the molecule is CC(=O)Nc1cccc(C(F)(F)COCCCCCCNCC(O)c2ccc(O)c(CO)c2)c1. The van der Waals surface area contributed by atoms with Crippen LogP contribution in [0, 0.1) is 0 Å². The van der Waals surface area contributed by atoms with Gasteiger partial charge in [0.2, 0.25) is 5.91 Å². The van der Waals surface area contributed by atoms with Gasteiger partial charge < -0.3 is 30.7 Å². The van der Waals surface area contributed by atoms with Crippen LogP contribution in [-0.2, 0) is 22.1 Å². The maximum atomic E-state index is 14.3. The molecule has 2 aromatic rings. The number of benzene rings is 2. The summed E-state index contributed by atoms with van der Waals surface area (Å²) in [7, 11) is 0. The number of anilines is 1. The highest BCUT2D eigenvalue weighted by molar-refractivity contribution is 5.88. The van der Waals surface area contributed by atoms with E-state index in [-0.39, 0.29) is 30.4 Å². The van der Waals surface area contributed by atoms with Gasteiger partial charge in [-0.15, -0.1) is 0 Å². The lowest BCUT2D eigenvalue weighted by Crippen LogP contribution is -2.22. The Morgan fingerprint density at radius 3 is 2.62 bits per heavy atom. The average Bonchev–Trinajstić information content (AvgIpc) is 2.80. The Labute approximate surface area is 198 Å². The number of phenols is 1. The van der Waals surface area contributed by atoms with Crippen LogP contribution in [0.15, 0.2) is 42.5 Å². The Morgan fingerprint density at radius 2 is 1.88 bits per heavy atom. The number of hydrogen-bond donors (Lipinski definition) is 5. The van der Waals surface area contributed by atoms with E-state index in [0.717, 1.165) is 19.3 Å². The third-order valence-corrected chi connectivity index (χ3v) is 5.28. The third-order valence-electron chi connectivity index (χ3n) is 5.28. The molecule has 34 heavy (non-hydrogen) atoms. The fraction of sp³-hybridized carbons (Fsp3) is 0.480. The van der Waals surface area contributed by atoms with E-state index in [9.17, 15) is 28.9 Å². The number of nitrogens with one attached hydrogen (secondary N) is 2. The molecule has 7 nitrogen and oxygen atoms in total. The molecule has 0 aliphatic rings. The van der Waals surface area contributed by atoms with Gasteiger partial charge in [0.1, 0.15) is 12.4 Å². The lowest BCUT2D eigenvalue weighted by atomic mass is 10.1. The van der Waals surface area contributed by atoms with E-state index in [0.29, 0.717) is 36.3 Å². The molecule has 0 saturated carbocycles. The van der Waals surface area contributed by atoms with Crippen molar-refractivity contribution in [1.82, 2.24) is 5.32 Å². The average molecular weight is 481 g/mol. The van der Waals surface area contributed by atoms with Gasteiger partial charge in [0.05, 0.1) is 12.7 Å². The number of ether oxygens (including phenoxy) is 1. The van der Waals surface area contributed by atoms with Crippen molar-refractivity contribution in [3.63, 3.8) is 0 Å². The summed E-state index contributed by atoms with van der Waals surface area (Å²) in [5, 5.41) is 34.6. The van der Waals surface area contributed by atoms with Gasteiger partial charge >= 0.3 is 0 Å². The van der Waals surface area contributed by atoms with E-state index in [1.807, 2.05) is 0 Å². The minimum atomic E-state index is -3.14. The Morgan fingerprint density at radius 1 is 1.12 bits per heavy atom. The molecule has 2 rings (SSSR count). The van der Waals surface area contributed by atoms with Crippen molar-refractivity contribution >= 4 is 11.6 Å². The van der Waals surface area contributed by atoms with Crippen molar-refractivity contribution in [3.8, 4) is 5.75 Å². The second kappa shape index (κ2) is 14.0. The number of alkyl halides is 2. The van der Waals surface area contributed by atoms with Gasteiger partial charge in [-0.2, -0.15) is 8.78 Å². The summed E-state index contributed by atoms with van der Waals surface area (Å²) >= 11 is 0. The molecule has 5 N–H and O–H groups in total. The number of hydrogen-bond acceptors (Lipinski definition) is 6. The Kier molecular flexibility index (Phi) is 11.4. The molecule has 0 heterocycles. The van der Waals surface area contributed by atoms with Crippen molar-refractivity contribution < 1.29 is 33.6 Å². The van der Waals surface area contributed by atoms with E-state index in [1.165, 1.54) is 31.2 Å². The molecule has 0 spiro atoms. The molecule has 188 valence electrons. The second-order valence-electron chi connectivity index (χ2n) is 8.20. The number of carbonyl (C=O) groups excluding carboxylic acids is 1. The molecule has 1 amide bonds. The summed E-state index contributed by atoms with van der Waals surface area (Å²) in [5.74, 6) is -3.47. The molecule has 0 bridgehead atoms. The monoisotopic (exact) mass is 480 g/mol. The van der Waals surface area contributed by atoms with Crippen molar-refractivity contribution in [1.29, 1.82) is 0 Å². The smallest absolute Gasteiger partial charge is 0.296 e. The first-order valence-electron chi connectivity index (χ1n) is 11.4. The van der Waals surface area contributed by atoms with Crippen molar-refractivity contribution in [2.24, 2.45) is 0 Å². The second-order valence-corrected chi connectivity index (χ2v) is 8.20. The van der Waals surface area contributed by atoms with Gasteiger partial charge in [-0.25, -0.2) is 0 Å². The minimum absolute atomic E-state index is 0.00437. The molecular formula is C25H34F2N2O5. The summed E-state index contributed by atoms with van der Waals surface area (Å²) in [6.07, 6.45) is 2.53. The highest BCUT2D eigenvalue weighted by Crippen LogP contribution is 2.30. The van der Waals surface area contributed by atoms with Crippen molar-refractivity contribution in [2.75, 3.05) is 31.6 Å². The maximum absolute atomic E-state index is 14.3. The van der Waals surface area contributed by atoms with Crippen molar-refractivity contribution in [2.45, 2.75) is 51.2 Å². The number of aromatic hydroxyl groups is 1. The van der Waals surface area contributed by atoms with Crippen molar-refractivity contribution in [3.05, 3.63) is 59.2 Å². The molecular weight excluding hydrogens is 446 g/mol. The first kappa shape index (κ1) is 27.7. The molecule has 0 aliphatic heterocycles. The number of aliphatic hydroxyl groups is 2. The topological polar surface area (TPSA) is 111 Å². The fourth-order valence-electron chi connectivity index (χ4n) is 3.42. The minimum Gasteiger partial charge on any atom is -0.508 e. The highest BCUT2D eigenvalue weighted by atomic mass is 19.3. The first-order chi connectivity index (χ1) is 16.2. The molecule has 0 aliphatic carbocycles. The first-order valence-corrected chi connectivity index (χ1v) is 11.4. The van der Waals surface area contributed by atoms with E-state index < -0.39 is 18.6 Å². The zero-order chi connectivity index (χ0) is 25.0. The Balaban J connectivity index is 1.56. The van der Waals surface area contributed by atoms with Gasteiger partial charge in [-0.3, -0.25) is 4.79 Å². The number of aliphatic hydroxyl groups excluding tert-OH is 2. The standard InChI is InChI=1S/C25H34F2N2O5/c1-18(31)29-22-8-6-7-21(14-22)25(26,27)17-34-12-5-3-2-4-11-28-15-24(33)19-9-10-23(32)20(13-19)16-30/h6-10,13-14,24,28,30,32-33H,2-5,11-12,15-17H2,1H3,(H,29,31). The molecule has 1 unspecified atom stereocenters. The Hall–Kier alpha value is -2.59. The van der Waals surface area contributed by atoms with Crippen LogP contribution < -0.4 is 10.6 Å². The van der Waals surface area contributed by atoms with E-state index in [4.69, 9.17) is 4.74 Å². The van der Waals surface area contributed by atoms with Gasteiger partial charge in [-0.1, -0.05) is 31.0 Å². The molecule has 2 aromatic carbocycles. The van der Waals surface area contributed by atoms with Crippen LogP contribution in [-0.4, -0.2) is 47.5 Å². The maximum Gasteiger partial charge on any atom is 0.296 e. The van der Waals surface area contributed by atoms with Gasteiger partial charge in [0, 0.05) is 36.9 Å². The summed E-state index contributed by atoms with van der Waals surface area (Å²) in [4.78, 5) is 11.1. The van der Waals surface area contributed by atoms with Crippen LogP contribution in [0.5, 0.6) is 5.75 Å². The highest BCUT2D eigenvalue weighted by Gasteiger charge is 2.32. The van der Waals surface area contributed by atoms with Crippen LogP contribution in [0.1, 0.15) is 55.4 Å². The van der Waals surface area contributed by atoms with Gasteiger partial charge in [0.15, 0.2) is 0 Å². The van der Waals surface area contributed by atoms with E-state index in [1.54, 1.807) is 18.2 Å². The third kappa shape index (κ3) is 9.34. The van der Waals surface area contributed by atoms with Gasteiger partial charge in [-0.05, 0) is 49.2 Å². The van der Waals surface area contributed by atoms with Crippen LogP contribution >= 0.6 is 0 Å². The summed E-state index contributed by atoms with van der Waals surface area (Å²) in [5.41, 5.74) is 1.11. The zero-order valence-corrected chi connectivity index (χ0v) is 19.4. The van der Waals surface area contributed by atoms with Gasteiger partial charge in [0.25, 0.3) is 5.92 Å².